The monoisotopic (exact) mass is 337 g/mol. The first kappa shape index (κ1) is 17.8. The molecule has 0 radical (unpaired) electrons. The molecule has 0 aliphatic carbocycles. The lowest BCUT2D eigenvalue weighted by Gasteiger charge is -2.33. The molecule has 0 bridgehead atoms. The van der Waals surface area contributed by atoms with E-state index in [1.807, 2.05) is 24.3 Å². The number of carbonyl (C=O) groups is 2. The molecular weight excluding hydrogens is 314 g/mol. The van der Waals surface area contributed by atoms with Gasteiger partial charge in [-0.25, -0.2) is 0 Å². The minimum Gasteiger partial charge on any atom is -0.356 e. The zero-order valence-electron chi connectivity index (χ0n) is 13.5. The molecule has 0 saturated carbocycles. The third-order valence-corrected chi connectivity index (χ3v) is 4.31. The highest BCUT2D eigenvalue weighted by atomic mass is 35.5. The van der Waals surface area contributed by atoms with E-state index in [1.54, 1.807) is 4.90 Å². The van der Waals surface area contributed by atoms with Crippen molar-refractivity contribution in [1.82, 2.24) is 15.5 Å². The fraction of sp³-hybridized carbons (Fsp3) is 0.529. The molecule has 1 aromatic carbocycles. The van der Waals surface area contributed by atoms with Crippen LogP contribution in [0.4, 0.5) is 0 Å². The second-order valence-corrected chi connectivity index (χ2v) is 6.17. The van der Waals surface area contributed by atoms with E-state index < -0.39 is 6.04 Å². The molecule has 1 aliphatic heterocycles. The molecule has 2 amide bonds. The van der Waals surface area contributed by atoms with Gasteiger partial charge in [0.05, 0.1) is 12.5 Å². The van der Waals surface area contributed by atoms with E-state index in [1.165, 1.54) is 0 Å². The molecule has 23 heavy (non-hydrogen) atoms. The summed E-state index contributed by atoms with van der Waals surface area (Å²) < 4.78 is 0. The van der Waals surface area contributed by atoms with Crippen molar-refractivity contribution < 1.29 is 9.59 Å². The molecule has 1 unspecified atom stereocenters. The van der Waals surface area contributed by atoms with Crippen LogP contribution in [0.15, 0.2) is 24.3 Å². The van der Waals surface area contributed by atoms with Gasteiger partial charge in [0, 0.05) is 31.2 Å². The fourth-order valence-electron chi connectivity index (χ4n) is 2.60. The molecule has 126 valence electrons. The molecule has 0 aromatic heterocycles. The second-order valence-electron chi connectivity index (χ2n) is 5.77. The van der Waals surface area contributed by atoms with Gasteiger partial charge in [-0.05, 0) is 18.1 Å². The first-order valence-corrected chi connectivity index (χ1v) is 8.52. The fourth-order valence-corrected chi connectivity index (χ4v) is 2.80. The van der Waals surface area contributed by atoms with Crippen molar-refractivity contribution in [2.45, 2.75) is 38.8 Å². The third-order valence-electron chi connectivity index (χ3n) is 3.94. The SMILES string of the molecule is CCCCNC(=O)CC1NCCN(Cc2ccccc2Cl)C1=O. The van der Waals surface area contributed by atoms with Gasteiger partial charge >= 0.3 is 0 Å². The Labute approximate surface area is 142 Å². The number of carbonyl (C=O) groups excluding carboxylic acids is 2. The topological polar surface area (TPSA) is 61.4 Å². The number of benzene rings is 1. The van der Waals surface area contributed by atoms with Crippen molar-refractivity contribution in [2.75, 3.05) is 19.6 Å². The van der Waals surface area contributed by atoms with E-state index in [0.717, 1.165) is 18.4 Å². The first-order chi connectivity index (χ1) is 11.1. The van der Waals surface area contributed by atoms with Crippen molar-refractivity contribution in [3.05, 3.63) is 34.9 Å². The number of halogens is 1. The van der Waals surface area contributed by atoms with E-state index in [0.29, 0.717) is 31.2 Å². The van der Waals surface area contributed by atoms with Gasteiger partial charge in [0.15, 0.2) is 0 Å². The number of piperazine rings is 1. The lowest BCUT2D eigenvalue weighted by Crippen LogP contribution is -2.55. The van der Waals surface area contributed by atoms with E-state index in [-0.39, 0.29) is 18.2 Å². The average Bonchev–Trinajstić information content (AvgIpc) is 2.53. The average molecular weight is 338 g/mol. The van der Waals surface area contributed by atoms with E-state index in [2.05, 4.69) is 17.6 Å². The van der Waals surface area contributed by atoms with Gasteiger partial charge in [0.2, 0.25) is 11.8 Å². The number of amides is 2. The van der Waals surface area contributed by atoms with Crippen LogP contribution in [-0.4, -0.2) is 42.4 Å². The van der Waals surface area contributed by atoms with Crippen molar-refractivity contribution in [3.63, 3.8) is 0 Å². The molecule has 5 nitrogen and oxygen atoms in total. The maximum atomic E-state index is 12.5. The number of unbranched alkanes of at least 4 members (excludes halogenated alkanes) is 1. The molecule has 1 aromatic rings. The molecule has 0 spiro atoms. The van der Waals surface area contributed by atoms with Crippen LogP contribution in [-0.2, 0) is 16.1 Å². The molecule has 1 fully saturated rings. The van der Waals surface area contributed by atoms with Gasteiger partial charge in [0.1, 0.15) is 0 Å². The maximum absolute atomic E-state index is 12.5. The van der Waals surface area contributed by atoms with Crippen molar-refractivity contribution in [3.8, 4) is 0 Å². The number of hydrogen-bond donors (Lipinski definition) is 2. The number of rotatable bonds is 7. The molecule has 1 heterocycles. The summed E-state index contributed by atoms with van der Waals surface area (Å²) in [6, 6.07) is 7.07. The van der Waals surface area contributed by atoms with Crippen molar-refractivity contribution in [2.24, 2.45) is 0 Å². The van der Waals surface area contributed by atoms with Crippen LogP contribution in [0.3, 0.4) is 0 Å². The summed E-state index contributed by atoms with van der Waals surface area (Å²) in [6.07, 6.45) is 2.17. The zero-order chi connectivity index (χ0) is 16.7. The lowest BCUT2D eigenvalue weighted by atomic mass is 10.1. The summed E-state index contributed by atoms with van der Waals surface area (Å²) in [5.41, 5.74) is 0.926. The zero-order valence-corrected chi connectivity index (χ0v) is 14.2. The summed E-state index contributed by atoms with van der Waals surface area (Å²) in [7, 11) is 0. The van der Waals surface area contributed by atoms with Crippen LogP contribution in [0.5, 0.6) is 0 Å². The van der Waals surface area contributed by atoms with Crippen LogP contribution >= 0.6 is 11.6 Å². The molecule has 6 heteroatoms. The predicted octanol–water partition coefficient (Wildman–Crippen LogP) is 1.95. The summed E-state index contributed by atoms with van der Waals surface area (Å²) in [4.78, 5) is 26.2. The van der Waals surface area contributed by atoms with Gasteiger partial charge in [-0.3, -0.25) is 9.59 Å². The summed E-state index contributed by atoms with van der Waals surface area (Å²) in [6.45, 7) is 4.53. The highest BCUT2D eigenvalue weighted by Gasteiger charge is 2.30. The summed E-state index contributed by atoms with van der Waals surface area (Å²) in [5, 5.41) is 6.65. The third kappa shape index (κ3) is 5.22. The van der Waals surface area contributed by atoms with E-state index >= 15 is 0 Å². The van der Waals surface area contributed by atoms with Gasteiger partial charge in [-0.15, -0.1) is 0 Å². The van der Waals surface area contributed by atoms with Gasteiger partial charge in [-0.2, -0.15) is 0 Å². The minimum atomic E-state index is -0.451. The highest BCUT2D eigenvalue weighted by molar-refractivity contribution is 6.31. The largest absolute Gasteiger partial charge is 0.356 e. The summed E-state index contributed by atoms with van der Waals surface area (Å²) >= 11 is 6.17. The van der Waals surface area contributed by atoms with Crippen LogP contribution in [0.25, 0.3) is 0 Å². The molecule has 1 aliphatic rings. The molecule has 1 saturated heterocycles. The number of nitrogens with zero attached hydrogens (tertiary/aromatic N) is 1. The smallest absolute Gasteiger partial charge is 0.240 e. The number of hydrogen-bond acceptors (Lipinski definition) is 3. The molecule has 2 rings (SSSR count). The van der Waals surface area contributed by atoms with Gasteiger partial charge in [-0.1, -0.05) is 43.1 Å². The second kappa shape index (κ2) is 8.89. The Morgan fingerprint density at radius 3 is 2.96 bits per heavy atom. The van der Waals surface area contributed by atoms with E-state index in [4.69, 9.17) is 11.6 Å². The minimum absolute atomic E-state index is 0.0400. The highest BCUT2D eigenvalue weighted by Crippen LogP contribution is 2.18. The van der Waals surface area contributed by atoms with Crippen LogP contribution in [0.2, 0.25) is 5.02 Å². The Kier molecular flexibility index (Phi) is 6.86. The summed E-state index contributed by atoms with van der Waals surface area (Å²) in [5.74, 6) is -0.120. The van der Waals surface area contributed by atoms with Crippen molar-refractivity contribution in [1.29, 1.82) is 0 Å². The van der Waals surface area contributed by atoms with Gasteiger partial charge < -0.3 is 15.5 Å². The number of nitrogens with one attached hydrogen (secondary N) is 2. The maximum Gasteiger partial charge on any atom is 0.240 e. The Hall–Kier alpha value is -1.59. The van der Waals surface area contributed by atoms with E-state index in [9.17, 15) is 9.59 Å². The quantitative estimate of drug-likeness (QED) is 0.748. The Morgan fingerprint density at radius 1 is 1.43 bits per heavy atom. The Bertz CT molecular complexity index is 550. The standard InChI is InChI=1S/C17H24ClN3O2/c1-2-3-8-20-16(22)11-15-17(23)21(10-9-19-15)12-13-6-4-5-7-14(13)18/h4-7,15,19H,2-3,8-12H2,1H3,(H,20,22). The Morgan fingerprint density at radius 2 is 2.22 bits per heavy atom. The molecular formula is C17H24ClN3O2. The van der Waals surface area contributed by atoms with Crippen LogP contribution < -0.4 is 10.6 Å². The van der Waals surface area contributed by atoms with Crippen LogP contribution in [0.1, 0.15) is 31.7 Å². The molecule has 2 N–H and O–H groups in total. The normalized spacial score (nSPS) is 18.1. The Balaban J connectivity index is 1.90. The van der Waals surface area contributed by atoms with Gasteiger partial charge in [0.25, 0.3) is 0 Å². The first-order valence-electron chi connectivity index (χ1n) is 8.14. The molecule has 1 atom stereocenters. The lowest BCUT2D eigenvalue weighted by molar-refractivity contribution is -0.138. The van der Waals surface area contributed by atoms with Crippen molar-refractivity contribution >= 4 is 23.4 Å². The predicted molar refractivity (Wildman–Crippen MR) is 91.2 cm³/mol. The van der Waals surface area contributed by atoms with Crippen LogP contribution in [0, 0.1) is 0 Å².